The minimum absolute atomic E-state index is 0.190. The highest BCUT2D eigenvalue weighted by Gasteiger charge is 2.15. The summed E-state index contributed by atoms with van der Waals surface area (Å²) in [5.74, 6) is 0.668. The molecule has 3 aromatic carbocycles. The number of nitrogens with one attached hydrogen (secondary N) is 2. The van der Waals surface area contributed by atoms with Gasteiger partial charge in [0.1, 0.15) is 0 Å². The fourth-order valence-electron chi connectivity index (χ4n) is 3.38. The van der Waals surface area contributed by atoms with E-state index in [1.54, 1.807) is 48.5 Å². The average molecular weight is 574 g/mol. The molecule has 0 unspecified atom stereocenters. The van der Waals surface area contributed by atoms with Crippen LogP contribution in [0.25, 0.3) is 0 Å². The number of amides is 2. The molecule has 0 spiro atoms. The van der Waals surface area contributed by atoms with Gasteiger partial charge in [-0.25, -0.2) is 5.43 Å². The molecule has 0 fully saturated rings. The van der Waals surface area contributed by atoms with E-state index in [4.69, 9.17) is 42.1 Å². The van der Waals surface area contributed by atoms with E-state index in [9.17, 15) is 9.59 Å². The summed E-state index contributed by atoms with van der Waals surface area (Å²) < 4.78 is 22.1. The molecule has 0 heterocycles. The Bertz CT molecular complexity index is 1360. The summed E-state index contributed by atoms with van der Waals surface area (Å²) >= 11 is 12.5. The second-order valence-corrected chi connectivity index (χ2v) is 8.88. The first-order chi connectivity index (χ1) is 18.7. The summed E-state index contributed by atoms with van der Waals surface area (Å²) in [5, 5.41) is 7.46. The van der Waals surface area contributed by atoms with Crippen molar-refractivity contribution in [3.05, 3.63) is 75.3 Å². The maximum atomic E-state index is 12.6. The minimum Gasteiger partial charge on any atom is -0.493 e. The van der Waals surface area contributed by atoms with Gasteiger partial charge in [-0.1, -0.05) is 29.3 Å². The summed E-state index contributed by atoms with van der Waals surface area (Å²) in [6.07, 6.45) is 1.40. The number of hydrogen-bond donors (Lipinski definition) is 2. The molecular formula is C28H29Cl2N3O6. The van der Waals surface area contributed by atoms with Crippen LogP contribution in [-0.4, -0.2) is 45.0 Å². The third-order valence-electron chi connectivity index (χ3n) is 5.24. The third-order valence-corrected chi connectivity index (χ3v) is 5.93. The molecule has 9 nitrogen and oxygen atoms in total. The van der Waals surface area contributed by atoms with Gasteiger partial charge in [0, 0.05) is 16.3 Å². The molecule has 206 valence electrons. The fourth-order valence-corrected chi connectivity index (χ4v) is 3.84. The molecule has 0 radical (unpaired) electrons. The van der Waals surface area contributed by atoms with Crippen molar-refractivity contribution in [3.8, 4) is 23.0 Å². The average Bonchev–Trinajstić information content (AvgIpc) is 2.91. The molecule has 39 heavy (non-hydrogen) atoms. The molecule has 0 aliphatic heterocycles. The predicted octanol–water partition coefficient (Wildman–Crippen LogP) is 5.89. The molecule has 0 bridgehead atoms. The number of hydrazone groups is 1. The highest BCUT2D eigenvalue weighted by molar-refractivity contribution is 6.32. The topological polar surface area (TPSA) is 107 Å². The molecule has 0 aliphatic rings. The van der Waals surface area contributed by atoms with Crippen molar-refractivity contribution in [1.82, 2.24) is 5.43 Å². The minimum atomic E-state index is -0.436. The number of methoxy groups -OCH3 is 1. The zero-order valence-corrected chi connectivity index (χ0v) is 23.5. The third kappa shape index (κ3) is 8.27. The van der Waals surface area contributed by atoms with E-state index in [-0.39, 0.29) is 23.1 Å². The van der Waals surface area contributed by atoms with Crippen molar-refractivity contribution in [3.63, 3.8) is 0 Å². The number of anilines is 1. The molecule has 2 amide bonds. The summed E-state index contributed by atoms with van der Waals surface area (Å²) in [6, 6.07) is 13.3. The van der Waals surface area contributed by atoms with E-state index in [0.29, 0.717) is 46.5 Å². The number of carbonyl (C=O) groups is 2. The van der Waals surface area contributed by atoms with E-state index in [2.05, 4.69) is 15.8 Å². The van der Waals surface area contributed by atoms with Crippen LogP contribution in [-0.2, 0) is 4.79 Å². The van der Waals surface area contributed by atoms with Gasteiger partial charge >= 0.3 is 0 Å². The van der Waals surface area contributed by atoms with Gasteiger partial charge in [0.15, 0.2) is 29.6 Å². The van der Waals surface area contributed by atoms with Crippen LogP contribution >= 0.6 is 23.2 Å². The monoisotopic (exact) mass is 573 g/mol. The molecule has 0 aromatic heterocycles. The van der Waals surface area contributed by atoms with Crippen molar-refractivity contribution in [2.75, 3.05) is 32.2 Å². The number of nitrogens with zero attached hydrogens (tertiary/aromatic N) is 1. The number of aryl methyl sites for hydroxylation is 1. The molecule has 2 N–H and O–H groups in total. The highest BCUT2D eigenvalue weighted by Crippen LogP contribution is 2.36. The molecule has 3 rings (SSSR count). The Morgan fingerprint density at radius 3 is 2.33 bits per heavy atom. The Hall–Kier alpha value is -3.95. The molecule has 11 heteroatoms. The number of ether oxygens (including phenoxy) is 4. The standard InChI is InChI=1S/C28H29Cl2N3O6/c1-5-37-23-10-8-19(13-24(23)38-6-2)28(35)33-31-15-18-11-22(30)27(25(12-18)36-4)39-16-26(34)32-20-9-7-17(3)21(29)14-20/h7-15H,5-6,16H2,1-4H3,(H,32,34)(H,33,35)/b31-15+. The lowest BCUT2D eigenvalue weighted by atomic mass is 10.2. The number of benzene rings is 3. The van der Waals surface area contributed by atoms with Crippen LogP contribution in [0.4, 0.5) is 5.69 Å². The Balaban J connectivity index is 1.64. The van der Waals surface area contributed by atoms with Crippen LogP contribution in [0.2, 0.25) is 10.0 Å². The van der Waals surface area contributed by atoms with Crippen molar-refractivity contribution >= 4 is 46.9 Å². The van der Waals surface area contributed by atoms with Crippen LogP contribution in [0.15, 0.2) is 53.6 Å². The van der Waals surface area contributed by atoms with E-state index < -0.39 is 11.8 Å². The van der Waals surface area contributed by atoms with Gasteiger partial charge in [0.05, 0.1) is 31.6 Å². The van der Waals surface area contributed by atoms with Crippen molar-refractivity contribution in [2.45, 2.75) is 20.8 Å². The molecule has 0 saturated heterocycles. The van der Waals surface area contributed by atoms with Gasteiger partial charge < -0.3 is 24.3 Å². The lowest BCUT2D eigenvalue weighted by Crippen LogP contribution is -2.20. The number of halogens is 2. The lowest BCUT2D eigenvalue weighted by Gasteiger charge is -2.13. The van der Waals surface area contributed by atoms with Gasteiger partial charge in [0.2, 0.25) is 0 Å². The van der Waals surface area contributed by atoms with Gasteiger partial charge in [-0.2, -0.15) is 5.10 Å². The normalized spacial score (nSPS) is 10.7. The summed E-state index contributed by atoms with van der Waals surface area (Å²) in [5.41, 5.74) is 4.80. The zero-order chi connectivity index (χ0) is 28.4. The van der Waals surface area contributed by atoms with Crippen LogP contribution < -0.4 is 29.7 Å². The fraction of sp³-hybridized carbons (Fsp3) is 0.250. The van der Waals surface area contributed by atoms with Crippen LogP contribution in [0.3, 0.4) is 0 Å². The van der Waals surface area contributed by atoms with Crippen LogP contribution in [0.1, 0.15) is 35.3 Å². The predicted molar refractivity (Wildman–Crippen MR) is 152 cm³/mol. The number of rotatable bonds is 12. The molecule has 0 saturated carbocycles. The van der Waals surface area contributed by atoms with Crippen molar-refractivity contribution in [1.29, 1.82) is 0 Å². The van der Waals surface area contributed by atoms with Gasteiger partial charge in [-0.3, -0.25) is 9.59 Å². The van der Waals surface area contributed by atoms with Crippen molar-refractivity contribution in [2.24, 2.45) is 5.10 Å². The first kappa shape index (κ1) is 29.6. The molecule has 0 atom stereocenters. The van der Waals surface area contributed by atoms with E-state index >= 15 is 0 Å². The first-order valence-corrected chi connectivity index (χ1v) is 12.8. The SMILES string of the molecule is CCOc1ccc(C(=O)N/N=C/c2cc(Cl)c(OCC(=O)Nc3ccc(C)c(Cl)c3)c(OC)c2)cc1OCC. The Morgan fingerprint density at radius 2 is 1.64 bits per heavy atom. The smallest absolute Gasteiger partial charge is 0.271 e. The van der Waals surface area contributed by atoms with Crippen molar-refractivity contribution < 1.29 is 28.5 Å². The Labute approximate surface area is 237 Å². The summed E-state index contributed by atoms with van der Waals surface area (Å²) in [6.45, 7) is 6.18. The quantitative estimate of drug-likeness (QED) is 0.206. The summed E-state index contributed by atoms with van der Waals surface area (Å²) in [7, 11) is 1.44. The maximum absolute atomic E-state index is 12.6. The maximum Gasteiger partial charge on any atom is 0.271 e. The van der Waals surface area contributed by atoms with E-state index in [1.165, 1.54) is 13.3 Å². The van der Waals surface area contributed by atoms with E-state index in [1.807, 2.05) is 20.8 Å². The Kier molecular flexibility index (Phi) is 10.8. The van der Waals surface area contributed by atoms with Gasteiger partial charge in [0.25, 0.3) is 11.8 Å². The number of hydrogen-bond acceptors (Lipinski definition) is 7. The van der Waals surface area contributed by atoms with E-state index in [0.717, 1.165) is 5.56 Å². The van der Waals surface area contributed by atoms with Crippen LogP contribution in [0.5, 0.6) is 23.0 Å². The van der Waals surface area contributed by atoms with Crippen LogP contribution in [0, 0.1) is 6.92 Å². The first-order valence-electron chi connectivity index (χ1n) is 12.0. The summed E-state index contributed by atoms with van der Waals surface area (Å²) in [4.78, 5) is 24.9. The zero-order valence-electron chi connectivity index (χ0n) is 22.0. The highest BCUT2D eigenvalue weighted by atomic mass is 35.5. The molecule has 3 aromatic rings. The van der Waals surface area contributed by atoms with Gasteiger partial charge in [-0.05, 0) is 74.4 Å². The lowest BCUT2D eigenvalue weighted by molar-refractivity contribution is -0.118. The second kappa shape index (κ2) is 14.3. The number of carbonyl (C=O) groups excluding carboxylic acids is 2. The molecular weight excluding hydrogens is 545 g/mol. The second-order valence-electron chi connectivity index (χ2n) is 8.06. The largest absolute Gasteiger partial charge is 0.493 e. The molecule has 0 aliphatic carbocycles. The Morgan fingerprint density at radius 1 is 0.897 bits per heavy atom. The van der Waals surface area contributed by atoms with Gasteiger partial charge in [-0.15, -0.1) is 0 Å².